The lowest BCUT2D eigenvalue weighted by molar-refractivity contribution is 0.315. The molecule has 0 spiro atoms. The highest BCUT2D eigenvalue weighted by Crippen LogP contribution is 2.25. The summed E-state index contributed by atoms with van der Waals surface area (Å²) in [6.45, 7) is 2.60. The molecule has 0 unspecified atom stereocenters. The van der Waals surface area contributed by atoms with Crippen LogP contribution in [0.4, 0.5) is 5.69 Å². The molecule has 118 valence electrons. The average molecular weight is 312 g/mol. The molecule has 6 heteroatoms. The number of hydrogen-bond donors (Lipinski definition) is 1. The van der Waals surface area contributed by atoms with Gasteiger partial charge in [-0.2, -0.15) is 4.31 Å². The van der Waals surface area contributed by atoms with Gasteiger partial charge in [-0.05, 0) is 37.1 Å². The summed E-state index contributed by atoms with van der Waals surface area (Å²) in [7, 11) is -3.25. The SMILES string of the molecule is CCN(C1CCCC1)S(=O)(=O)CCOc1ccc(N)cc1. The minimum Gasteiger partial charge on any atom is -0.492 e. The maximum Gasteiger partial charge on any atom is 0.217 e. The molecule has 0 radical (unpaired) electrons. The van der Waals surface area contributed by atoms with Crippen LogP contribution in [0.1, 0.15) is 32.6 Å². The molecular weight excluding hydrogens is 288 g/mol. The summed E-state index contributed by atoms with van der Waals surface area (Å²) in [6.07, 6.45) is 4.20. The van der Waals surface area contributed by atoms with E-state index in [9.17, 15) is 8.42 Å². The maximum atomic E-state index is 12.4. The molecule has 2 rings (SSSR count). The lowest BCUT2D eigenvalue weighted by Gasteiger charge is -2.26. The van der Waals surface area contributed by atoms with Gasteiger partial charge in [-0.1, -0.05) is 19.8 Å². The fourth-order valence-electron chi connectivity index (χ4n) is 2.82. The smallest absolute Gasteiger partial charge is 0.217 e. The van der Waals surface area contributed by atoms with E-state index < -0.39 is 10.0 Å². The first-order valence-corrected chi connectivity index (χ1v) is 9.11. The summed E-state index contributed by atoms with van der Waals surface area (Å²) in [6, 6.07) is 7.14. The summed E-state index contributed by atoms with van der Waals surface area (Å²) >= 11 is 0. The molecule has 0 aromatic heterocycles. The Labute approximate surface area is 127 Å². The zero-order chi connectivity index (χ0) is 15.3. The van der Waals surface area contributed by atoms with Crippen molar-refractivity contribution in [3.63, 3.8) is 0 Å². The average Bonchev–Trinajstić information content (AvgIpc) is 2.95. The fourth-order valence-corrected chi connectivity index (χ4v) is 4.41. The second-order valence-corrected chi connectivity index (χ2v) is 7.42. The highest BCUT2D eigenvalue weighted by molar-refractivity contribution is 7.89. The Morgan fingerprint density at radius 2 is 1.86 bits per heavy atom. The molecule has 0 amide bonds. The summed E-state index contributed by atoms with van der Waals surface area (Å²) in [5.74, 6) is 0.658. The molecule has 0 saturated heterocycles. The summed E-state index contributed by atoms with van der Waals surface area (Å²) in [5, 5.41) is 0. The molecule has 0 aliphatic heterocycles. The third-order valence-electron chi connectivity index (χ3n) is 3.89. The number of nitrogens with two attached hydrogens (primary N) is 1. The lowest BCUT2D eigenvalue weighted by atomic mass is 10.2. The van der Waals surface area contributed by atoms with Crippen molar-refractivity contribution < 1.29 is 13.2 Å². The van der Waals surface area contributed by atoms with Crippen LogP contribution in [0.3, 0.4) is 0 Å². The normalized spacial score (nSPS) is 16.5. The minimum absolute atomic E-state index is 0.0156. The van der Waals surface area contributed by atoms with E-state index in [4.69, 9.17) is 10.5 Å². The quantitative estimate of drug-likeness (QED) is 0.784. The second-order valence-electron chi connectivity index (χ2n) is 5.38. The Kier molecular flexibility index (Phi) is 5.47. The second kappa shape index (κ2) is 7.13. The van der Waals surface area contributed by atoms with Crippen molar-refractivity contribution in [3.8, 4) is 5.75 Å². The van der Waals surface area contributed by atoms with E-state index in [2.05, 4.69) is 0 Å². The lowest BCUT2D eigenvalue weighted by Crippen LogP contribution is -2.41. The highest BCUT2D eigenvalue weighted by atomic mass is 32.2. The standard InChI is InChI=1S/C15H24N2O3S/c1-2-17(14-5-3-4-6-14)21(18,19)12-11-20-15-9-7-13(16)8-10-15/h7-10,14H,2-6,11-12,16H2,1H3. The molecule has 5 nitrogen and oxygen atoms in total. The van der Waals surface area contributed by atoms with Gasteiger partial charge in [-0.25, -0.2) is 8.42 Å². The van der Waals surface area contributed by atoms with E-state index in [1.807, 2.05) is 6.92 Å². The Hall–Kier alpha value is -1.27. The van der Waals surface area contributed by atoms with Crippen LogP contribution in [0, 0.1) is 0 Å². The van der Waals surface area contributed by atoms with Gasteiger partial charge in [0, 0.05) is 18.3 Å². The largest absolute Gasteiger partial charge is 0.492 e. The van der Waals surface area contributed by atoms with Crippen LogP contribution in [0.5, 0.6) is 5.75 Å². The van der Waals surface area contributed by atoms with E-state index in [0.717, 1.165) is 25.7 Å². The Morgan fingerprint density at radius 3 is 2.43 bits per heavy atom. The number of nitrogen functional groups attached to an aromatic ring is 1. The third kappa shape index (κ3) is 4.35. The zero-order valence-corrected chi connectivity index (χ0v) is 13.3. The molecule has 0 heterocycles. The highest BCUT2D eigenvalue weighted by Gasteiger charge is 2.30. The summed E-state index contributed by atoms with van der Waals surface area (Å²) < 4.78 is 32.0. The Bertz CT molecular complexity index is 537. The van der Waals surface area contributed by atoms with Crippen molar-refractivity contribution in [2.24, 2.45) is 0 Å². The molecule has 0 atom stereocenters. The van der Waals surface area contributed by atoms with Crippen LogP contribution >= 0.6 is 0 Å². The van der Waals surface area contributed by atoms with Gasteiger partial charge in [0.2, 0.25) is 10.0 Å². The van der Waals surface area contributed by atoms with Crippen LogP contribution in [0.15, 0.2) is 24.3 Å². The third-order valence-corrected chi connectivity index (χ3v) is 5.84. The molecule has 1 aromatic carbocycles. The molecule has 1 aromatic rings. The summed E-state index contributed by atoms with van der Waals surface area (Å²) in [5.41, 5.74) is 6.25. The van der Waals surface area contributed by atoms with E-state index in [0.29, 0.717) is 18.0 Å². The van der Waals surface area contributed by atoms with Gasteiger partial charge in [0.25, 0.3) is 0 Å². The molecule has 1 saturated carbocycles. The molecular formula is C15H24N2O3S. The number of rotatable bonds is 7. The molecule has 21 heavy (non-hydrogen) atoms. The van der Waals surface area contributed by atoms with Crippen LogP contribution in [-0.2, 0) is 10.0 Å². The van der Waals surface area contributed by atoms with Crippen LogP contribution in [0.25, 0.3) is 0 Å². The topological polar surface area (TPSA) is 72.6 Å². The van der Waals surface area contributed by atoms with E-state index >= 15 is 0 Å². The molecule has 2 N–H and O–H groups in total. The van der Waals surface area contributed by atoms with Gasteiger partial charge in [0.05, 0.1) is 5.75 Å². The van der Waals surface area contributed by atoms with Gasteiger partial charge in [0.15, 0.2) is 0 Å². The summed E-state index contributed by atoms with van der Waals surface area (Å²) in [4.78, 5) is 0. The van der Waals surface area contributed by atoms with Crippen LogP contribution in [-0.4, -0.2) is 37.7 Å². The van der Waals surface area contributed by atoms with Gasteiger partial charge in [0.1, 0.15) is 12.4 Å². The number of sulfonamides is 1. The van der Waals surface area contributed by atoms with Gasteiger partial charge in [-0.3, -0.25) is 0 Å². The van der Waals surface area contributed by atoms with Crippen molar-refractivity contribution in [3.05, 3.63) is 24.3 Å². The van der Waals surface area contributed by atoms with Crippen molar-refractivity contribution >= 4 is 15.7 Å². The minimum atomic E-state index is -3.25. The van der Waals surface area contributed by atoms with Crippen molar-refractivity contribution in [1.82, 2.24) is 4.31 Å². The molecule has 1 aliphatic carbocycles. The van der Waals surface area contributed by atoms with E-state index in [1.54, 1.807) is 28.6 Å². The van der Waals surface area contributed by atoms with Gasteiger partial charge >= 0.3 is 0 Å². The van der Waals surface area contributed by atoms with Crippen LogP contribution in [0.2, 0.25) is 0 Å². The molecule has 0 bridgehead atoms. The van der Waals surface area contributed by atoms with Crippen molar-refractivity contribution in [2.75, 3.05) is 24.6 Å². The fraction of sp³-hybridized carbons (Fsp3) is 0.600. The Balaban J connectivity index is 1.89. The predicted molar refractivity (Wildman–Crippen MR) is 84.8 cm³/mol. The predicted octanol–water partition coefficient (Wildman–Crippen LogP) is 2.24. The monoisotopic (exact) mass is 312 g/mol. The first-order valence-electron chi connectivity index (χ1n) is 7.51. The number of nitrogens with zero attached hydrogens (tertiary/aromatic N) is 1. The molecule has 1 fully saturated rings. The first-order chi connectivity index (χ1) is 10.0. The van der Waals surface area contributed by atoms with E-state index in [-0.39, 0.29) is 18.4 Å². The Morgan fingerprint density at radius 1 is 1.24 bits per heavy atom. The van der Waals surface area contributed by atoms with Gasteiger partial charge < -0.3 is 10.5 Å². The zero-order valence-electron chi connectivity index (χ0n) is 12.5. The van der Waals surface area contributed by atoms with E-state index in [1.165, 1.54) is 0 Å². The van der Waals surface area contributed by atoms with Gasteiger partial charge in [-0.15, -0.1) is 0 Å². The van der Waals surface area contributed by atoms with Crippen molar-refractivity contribution in [1.29, 1.82) is 0 Å². The first kappa shape index (κ1) is 16.1. The number of hydrogen-bond acceptors (Lipinski definition) is 4. The van der Waals surface area contributed by atoms with Crippen LogP contribution < -0.4 is 10.5 Å². The maximum absolute atomic E-state index is 12.4. The van der Waals surface area contributed by atoms with Crippen molar-refractivity contribution in [2.45, 2.75) is 38.6 Å². The number of ether oxygens (including phenoxy) is 1. The number of anilines is 1. The molecule has 1 aliphatic rings. The number of benzene rings is 1.